The molecule has 4 nitrogen and oxygen atoms in total. The molecule has 0 aliphatic carbocycles. The van der Waals surface area contributed by atoms with Crippen molar-refractivity contribution in [2.45, 2.75) is 6.92 Å². The van der Waals surface area contributed by atoms with Gasteiger partial charge in [0, 0.05) is 37.6 Å². The number of carbonyl (C=O) groups excluding carboxylic acids is 1. The number of piperazine rings is 1. The molecule has 2 N–H and O–H groups in total. The smallest absolute Gasteiger partial charge is 0.255 e. The van der Waals surface area contributed by atoms with Gasteiger partial charge in [0.2, 0.25) is 0 Å². The Kier molecular flexibility index (Phi) is 4.44. The Labute approximate surface area is 141 Å². The summed E-state index contributed by atoms with van der Waals surface area (Å²) in [5.74, 6) is -0.0498. The molecule has 0 saturated carbocycles. The van der Waals surface area contributed by atoms with Gasteiger partial charge in [0.1, 0.15) is 0 Å². The number of benzene rings is 2. The van der Waals surface area contributed by atoms with Crippen LogP contribution < -0.4 is 10.6 Å². The predicted octanol–water partition coefficient (Wildman–Crippen LogP) is 3.19. The van der Waals surface area contributed by atoms with Crippen LogP contribution in [0.2, 0.25) is 5.02 Å². The highest BCUT2D eigenvalue weighted by molar-refractivity contribution is 6.34. The van der Waals surface area contributed by atoms with Crippen LogP contribution in [0.5, 0.6) is 0 Å². The largest absolute Gasteiger partial charge is 0.399 e. The van der Waals surface area contributed by atoms with Crippen LogP contribution in [0.1, 0.15) is 15.9 Å². The van der Waals surface area contributed by atoms with Gasteiger partial charge >= 0.3 is 0 Å². The van der Waals surface area contributed by atoms with Gasteiger partial charge in [-0.3, -0.25) is 4.79 Å². The SMILES string of the molecule is Cc1cccc(N2CCN(C(=O)c3cc(N)ccc3Cl)CC2)c1. The first-order chi connectivity index (χ1) is 11.0. The van der Waals surface area contributed by atoms with E-state index in [1.165, 1.54) is 11.3 Å². The first-order valence-corrected chi connectivity index (χ1v) is 8.08. The third-order valence-electron chi connectivity index (χ3n) is 4.15. The number of hydrogen-bond acceptors (Lipinski definition) is 3. The molecule has 0 unspecified atom stereocenters. The summed E-state index contributed by atoms with van der Waals surface area (Å²) >= 11 is 6.14. The highest BCUT2D eigenvalue weighted by Gasteiger charge is 2.23. The van der Waals surface area contributed by atoms with Crippen molar-refractivity contribution in [3.05, 3.63) is 58.6 Å². The van der Waals surface area contributed by atoms with E-state index in [-0.39, 0.29) is 5.91 Å². The van der Waals surface area contributed by atoms with Crippen molar-refractivity contribution in [1.29, 1.82) is 0 Å². The molecule has 1 heterocycles. The maximum atomic E-state index is 12.6. The molecule has 2 aromatic rings. The molecule has 0 radical (unpaired) electrons. The third-order valence-corrected chi connectivity index (χ3v) is 4.48. The van der Waals surface area contributed by atoms with Gasteiger partial charge in [0.25, 0.3) is 5.91 Å². The second-order valence-corrected chi connectivity index (χ2v) is 6.26. The van der Waals surface area contributed by atoms with Crippen LogP contribution in [-0.2, 0) is 0 Å². The van der Waals surface area contributed by atoms with Crippen molar-refractivity contribution >= 4 is 28.9 Å². The molecule has 1 aliphatic heterocycles. The molecule has 1 saturated heterocycles. The fourth-order valence-corrected chi connectivity index (χ4v) is 3.07. The molecule has 23 heavy (non-hydrogen) atoms. The summed E-state index contributed by atoms with van der Waals surface area (Å²) in [4.78, 5) is 16.8. The Morgan fingerprint density at radius 1 is 1.09 bits per heavy atom. The zero-order valence-electron chi connectivity index (χ0n) is 13.1. The Hall–Kier alpha value is -2.20. The Balaban J connectivity index is 1.69. The fourth-order valence-electron chi connectivity index (χ4n) is 2.87. The van der Waals surface area contributed by atoms with Crippen LogP contribution in [0.3, 0.4) is 0 Å². The van der Waals surface area contributed by atoms with Crippen LogP contribution in [0.4, 0.5) is 11.4 Å². The molecule has 3 rings (SSSR count). The van der Waals surface area contributed by atoms with Crippen molar-refractivity contribution in [2.75, 3.05) is 36.8 Å². The minimum Gasteiger partial charge on any atom is -0.399 e. The van der Waals surface area contributed by atoms with E-state index < -0.39 is 0 Å². The fraction of sp³-hybridized carbons (Fsp3) is 0.278. The summed E-state index contributed by atoms with van der Waals surface area (Å²) < 4.78 is 0. The van der Waals surface area contributed by atoms with Gasteiger partial charge in [-0.1, -0.05) is 23.7 Å². The molecular weight excluding hydrogens is 310 g/mol. The zero-order valence-corrected chi connectivity index (χ0v) is 13.9. The Bertz CT molecular complexity index is 724. The molecule has 0 spiro atoms. The van der Waals surface area contributed by atoms with Gasteiger partial charge in [-0.15, -0.1) is 0 Å². The van der Waals surface area contributed by atoms with Crippen LogP contribution in [0, 0.1) is 6.92 Å². The van der Waals surface area contributed by atoms with E-state index in [1.807, 2.05) is 4.90 Å². The number of nitrogens with two attached hydrogens (primary N) is 1. The lowest BCUT2D eigenvalue weighted by molar-refractivity contribution is 0.0747. The van der Waals surface area contributed by atoms with Gasteiger partial charge in [-0.25, -0.2) is 0 Å². The molecule has 2 aromatic carbocycles. The van der Waals surface area contributed by atoms with Crippen molar-refractivity contribution in [2.24, 2.45) is 0 Å². The average molecular weight is 330 g/mol. The van der Waals surface area contributed by atoms with Gasteiger partial charge in [-0.05, 0) is 42.8 Å². The second kappa shape index (κ2) is 6.50. The lowest BCUT2D eigenvalue weighted by atomic mass is 10.1. The number of anilines is 2. The molecule has 0 aromatic heterocycles. The topological polar surface area (TPSA) is 49.6 Å². The van der Waals surface area contributed by atoms with Crippen LogP contribution in [0.15, 0.2) is 42.5 Å². The maximum absolute atomic E-state index is 12.6. The average Bonchev–Trinajstić information content (AvgIpc) is 2.56. The lowest BCUT2D eigenvalue weighted by Gasteiger charge is -2.36. The highest BCUT2D eigenvalue weighted by atomic mass is 35.5. The van der Waals surface area contributed by atoms with E-state index >= 15 is 0 Å². The van der Waals surface area contributed by atoms with Crippen LogP contribution in [-0.4, -0.2) is 37.0 Å². The molecule has 1 aliphatic rings. The second-order valence-electron chi connectivity index (χ2n) is 5.86. The van der Waals surface area contributed by atoms with E-state index in [1.54, 1.807) is 18.2 Å². The van der Waals surface area contributed by atoms with Crippen LogP contribution >= 0.6 is 11.6 Å². The van der Waals surface area contributed by atoms with Crippen molar-refractivity contribution in [3.8, 4) is 0 Å². The summed E-state index contributed by atoms with van der Waals surface area (Å²) in [5.41, 5.74) is 9.25. The summed E-state index contributed by atoms with van der Waals surface area (Å²) in [7, 11) is 0. The summed E-state index contributed by atoms with van der Waals surface area (Å²) in [5, 5.41) is 0.449. The van der Waals surface area contributed by atoms with Gasteiger partial charge in [0.15, 0.2) is 0 Å². The summed E-state index contributed by atoms with van der Waals surface area (Å²) in [6, 6.07) is 13.5. The Morgan fingerprint density at radius 2 is 1.83 bits per heavy atom. The normalized spacial score (nSPS) is 14.9. The van der Waals surface area contributed by atoms with Crippen LogP contribution in [0.25, 0.3) is 0 Å². The first-order valence-electron chi connectivity index (χ1n) is 7.70. The summed E-state index contributed by atoms with van der Waals surface area (Å²) in [6.45, 7) is 5.07. The van der Waals surface area contributed by atoms with Crippen molar-refractivity contribution in [1.82, 2.24) is 4.90 Å². The molecular formula is C18H20ClN3O. The molecule has 0 bridgehead atoms. The van der Waals surface area contributed by atoms with E-state index in [0.717, 1.165) is 13.1 Å². The minimum atomic E-state index is -0.0498. The predicted molar refractivity (Wildman–Crippen MR) is 95.2 cm³/mol. The standard InChI is InChI=1S/C18H20ClN3O/c1-13-3-2-4-15(11-13)21-7-9-22(10-8-21)18(23)16-12-14(20)5-6-17(16)19/h2-6,11-12H,7-10,20H2,1H3. The number of amides is 1. The number of hydrogen-bond donors (Lipinski definition) is 1. The van der Waals surface area contributed by atoms with Crippen molar-refractivity contribution < 1.29 is 4.79 Å². The number of nitrogens with zero attached hydrogens (tertiary/aromatic N) is 2. The van der Waals surface area contributed by atoms with Crippen molar-refractivity contribution in [3.63, 3.8) is 0 Å². The van der Waals surface area contributed by atoms with Gasteiger partial charge < -0.3 is 15.5 Å². The van der Waals surface area contributed by atoms with E-state index in [9.17, 15) is 4.79 Å². The lowest BCUT2D eigenvalue weighted by Crippen LogP contribution is -2.48. The van der Waals surface area contributed by atoms with E-state index in [0.29, 0.717) is 29.4 Å². The monoisotopic (exact) mass is 329 g/mol. The molecule has 120 valence electrons. The number of carbonyl (C=O) groups is 1. The summed E-state index contributed by atoms with van der Waals surface area (Å²) in [6.07, 6.45) is 0. The number of nitrogen functional groups attached to an aromatic ring is 1. The van der Waals surface area contributed by atoms with E-state index in [2.05, 4.69) is 36.1 Å². The number of rotatable bonds is 2. The maximum Gasteiger partial charge on any atom is 0.255 e. The molecule has 0 atom stereocenters. The van der Waals surface area contributed by atoms with E-state index in [4.69, 9.17) is 17.3 Å². The van der Waals surface area contributed by atoms with Gasteiger partial charge in [0.05, 0.1) is 10.6 Å². The molecule has 5 heteroatoms. The molecule has 1 amide bonds. The first kappa shape index (κ1) is 15.7. The third kappa shape index (κ3) is 3.42. The van der Waals surface area contributed by atoms with Gasteiger partial charge in [-0.2, -0.15) is 0 Å². The number of aryl methyl sites for hydroxylation is 1. The highest BCUT2D eigenvalue weighted by Crippen LogP contribution is 2.23. The minimum absolute atomic E-state index is 0.0498. The number of halogens is 1. The quantitative estimate of drug-likeness (QED) is 0.861. The zero-order chi connectivity index (χ0) is 16.4. The molecule has 1 fully saturated rings. The Morgan fingerprint density at radius 3 is 2.52 bits per heavy atom.